The molecule has 4 heterocycles. The van der Waals surface area contributed by atoms with Crippen molar-refractivity contribution in [3.05, 3.63) is 147 Å². The summed E-state index contributed by atoms with van der Waals surface area (Å²) in [7, 11) is 0. The number of likely N-dealkylation sites (tertiary alicyclic amines) is 2. The van der Waals surface area contributed by atoms with Gasteiger partial charge in [0.2, 0.25) is 12.1 Å². The van der Waals surface area contributed by atoms with Gasteiger partial charge in [-0.25, -0.2) is 8.78 Å². The monoisotopic (exact) mass is 1030 g/mol. The minimum Gasteiger partial charge on any atom is -0.396 e. The first kappa shape index (κ1) is 50.1. The van der Waals surface area contributed by atoms with E-state index in [1.165, 1.54) is 43.3 Å². The molecule has 4 aliphatic heterocycles. The van der Waals surface area contributed by atoms with Crippen LogP contribution in [-0.2, 0) is 25.5 Å². The zero-order valence-corrected chi connectivity index (χ0v) is 39.8. The first-order valence-corrected chi connectivity index (χ1v) is 23.8. The lowest BCUT2D eigenvalue weighted by molar-refractivity contribution is -0.528. The van der Waals surface area contributed by atoms with Crippen molar-refractivity contribution in [2.45, 2.75) is 92.5 Å². The van der Waals surface area contributed by atoms with Crippen LogP contribution >= 0.6 is 46.4 Å². The highest BCUT2D eigenvalue weighted by atomic mass is 35.5. The van der Waals surface area contributed by atoms with Gasteiger partial charge in [0.1, 0.15) is 29.0 Å². The Kier molecular flexibility index (Phi) is 14.4. The molecule has 3 N–H and O–H groups in total. The smallest absolute Gasteiger partial charge is 0.250 e. The fourth-order valence-corrected chi connectivity index (χ4v) is 12.1. The van der Waals surface area contributed by atoms with Gasteiger partial charge in [0, 0.05) is 86.6 Å². The van der Waals surface area contributed by atoms with Crippen LogP contribution in [0.15, 0.2) is 72.8 Å². The molecule has 362 valence electrons. The molecule has 2 amide bonds. The number of aldehydes is 1. The Morgan fingerprint density at radius 3 is 1.54 bits per heavy atom. The van der Waals surface area contributed by atoms with Crippen LogP contribution in [0.25, 0.3) is 0 Å². The van der Waals surface area contributed by atoms with Crippen LogP contribution < -0.4 is 10.6 Å². The number of hydrogen-bond acceptors (Lipinski definition) is 11. The fraction of sp³-hybridized carbons (Fsp3) is 0.417. The summed E-state index contributed by atoms with van der Waals surface area (Å²) in [4.78, 5) is 67.0. The third-order valence-corrected chi connectivity index (χ3v) is 15.3. The first-order chi connectivity index (χ1) is 33.0. The first-order valence-electron chi connectivity index (χ1n) is 22.3. The topological polar surface area (TPSA) is 212 Å². The minimum atomic E-state index is -1.58. The molecule has 4 fully saturated rings. The molecule has 0 unspecified atom stereocenters. The summed E-state index contributed by atoms with van der Waals surface area (Å²) in [5, 5.41) is 48.2. The molecule has 6 aliphatic rings. The average molecular weight is 1030 g/mol. The van der Waals surface area contributed by atoms with Crippen LogP contribution in [0.2, 0.25) is 20.1 Å². The number of aliphatic hydroxyl groups excluding tert-OH is 1. The third-order valence-electron chi connectivity index (χ3n) is 14.2. The van der Waals surface area contributed by atoms with Gasteiger partial charge in [-0.15, -0.1) is 0 Å². The number of hydrogen-bond donors (Lipinski definition) is 3. The summed E-state index contributed by atoms with van der Waals surface area (Å²) < 4.78 is 30.8. The summed E-state index contributed by atoms with van der Waals surface area (Å²) in [6.45, 7) is 1.95. The normalized spacial score (nSPS) is 27.6. The maximum Gasteiger partial charge on any atom is 0.250 e. The molecule has 0 radical (unpaired) electrons. The molecule has 4 aromatic rings. The quantitative estimate of drug-likeness (QED) is 0.0692. The van der Waals surface area contributed by atoms with E-state index >= 15 is 8.78 Å². The van der Waals surface area contributed by atoms with Crippen molar-refractivity contribution < 1.29 is 38.1 Å². The highest BCUT2D eigenvalue weighted by molar-refractivity contribution is 6.32. The zero-order valence-electron chi connectivity index (χ0n) is 36.8. The van der Waals surface area contributed by atoms with Gasteiger partial charge in [-0.05, 0) is 80.3 Å². The van der Waals surface area contributed by atoms with Crippen molar-refractivity contribution in [1.29, 1.82) is 5.26 Å². The molecule has 2 saturated heterocycles. The number of halogens is 6. The lowest BCUT2D eigenvalue weighted by Crippen LogP contribution is -2.52. The molecule has 8 atom stereocenters. The Hall–Kier alpha value is -5.32. The predicted molar refractivity (Wildman–Crippen MR) is 253 cm³/mol. The van der Waals surface area contributed by atoms with Gasteiger partial charge in [0.15, 0.2) is 0 Å². The second-order valence-electron chi connectivity index (χ2n) is 18.1. The molecular weight excluding hydrogens is 982 g/mol. The van der Waals surface area contributed by atoms with Gasteiger partial charge in [-0.3, -0.25) is 39.6 Å². The van der Waals surface area contributed by atoms with E-state index in [1.807, 2.05) is 4.90 Å². The lowest BCUT2D eigenvalue weighted by atomic mass is 9.73. The van der Waals surface area contributed by atoms with Crippen LogP contribution in [0.4, 0.5) is 20.2 Å². The Bertz CT molecular complexity index is 2780. The standard InChI is InChI=1S/C23H22Cl2FN3O4.C23H20Cl2FN3O4.C2H3N/c2*24-13-6-7-15-17(10-13)27-22(31)23(15)19(14-2-1-3-16(25)20(14)26)21(29(32)33)18(8-9-30)28(23)11-12-4-5-12;1-2-3/h1-3,6-7,10,12,18-19,21,30H,4-5,8-9,11H2,(H,27,31);1-3,6-7,9-10,12,18-19,21H,4-5,8,11H2,(H,27,31);1H3/t2*18-,19-,21+,23+;/m00./s1. The number of nitrogens with one attached hydrogen (secondary N) is 2. The van der Waals surface area contributed by atoms with Crippen molar-refractivity contribution in [2.75, 3.05) is 30.3 Å². The Balaban J connectivity index is 0.000000176. The number of amides is 2. The molecule has 2 spiro atoms. The van der Waals surface area contributed by atoms with E-state index in [4.69, 9.17) is 51.7 Å². The Morgan fingerprint density at radius 2 is 1.16 bits per heavy atom. The Labute approximate surface area is 414 Å². The number of nitro groups is 2. The summed E-state index contributed by atoms with van der Waals surface area (Å²) in [6, 6.07) is 15.8. The van der Waals surface area contributed by atoms with Crippen LogP contribution in [0, 0.1) is 55.0 Å². The van der Waals surface area contributed by atoms with Gasteiger partial charge in [-0.2, -0.15) is 5.26 Å². The van der Waals surface area contributed by atoms with Gasteiger partial charge in [0.05, 0.1) is 40.0 Å². The molecule has 21 heteroatoms. The number of nitrogens with zero attached hydrogens (tertiary/aromatic N) is 5. The number of carbonyl (C=O) groups is 3. The molecule has 4 aromatic carbocycles. The molecular formula is C48H45Cl4F2N7O8. The van der Waals surface area contributed by atoms with Crippen molar-refractivity contribution >= 4 is 75.9 Å². The van der Waals surface area contributed by atoms with Crippen LogP contribution in [0.3, 0.4) is 0 Å². The SMILES string of the molecule is CC#N.O=C1Nc2cc(Cl)ccc2[C@@]12[C@@H](c1cccc(Cl)c1F)[C@H]([N+](=O)[O-])[C@H](CCO)N2CC1CC1.O=CC[C@H]1[C@@H]([N+](=O)[O-])[C@H](c2cccc(Cl)c2F)[C@]2(C(=O)Nc3cc(Cl)ccc32)N1CC1CC1. The van der Waals surface area contributed by atoms with E-state index in [0.29, 0.717) is 51.9 Å². The number of anilines is 2. The van der Waals surface area contributed by atoms with Gasteiger partial charge in [-0.1, -0.05) is 82.8 Å². The highest BCUT2D eigenvalue weighted by Gasteiger charge is 2.73. The van der Waals surface area contributed by atoms with E-state index < -0.39 is 80.4 Å². The van der Waals surface area contributed by atoms with E-state index in [-0.39, 0.29) is 52.5 Å². The summed E-state index contributed by atoms with van der Waals surface area (Å²) >= 11 is 24.5. The largest absolute Gasteiger partial charge is 0.396 e. The molecule has 2 saturated carbocycles. The van der Waals surface area contributed by atoms with E-state index in [2.05, 4.69) is 10.6 Å². The van der Waals surface area contributed by atoms with Gasteiger partial charge < -0.3 is 20.5 Å². The van der Waals surface area contributed by atoms with Crippen LogP contribution in [-0.4, -0.2) is 86.7 Å². The second kappa shape index (κ2) is 19.8. The molecule has 69 heavy (non-hydrogen) atoms. The minimum absolute atomic E-state index is 0.0170. The van der Waals surface area contributed by atoms with Crippen molar-refractivity contribution in [3.63, 3.8) is 0 Å². The van der Waals surface area contributed by atoms with Crippen molar-refractivity contribution in [3.8, 4) is 6.07 Å². The van der Waals surface area contributed by atoms with Crippen LogP contribution in [0.1, 0.15) is 79.5 Å². The number of rotatable bonds is 12. The molecule has 15 nitrogen and oxygen atoms in total. The number of carbonyl (C=O) groups excluding carboxylic acids is 3. The zero-order chi connectivity index (χ0) is 49.7. The molecule has 2 aliphatic carbocycles. The molecule has 0 bridgehead atoms. The van der Waals surface area contributed by atoms with E-state index in [0.717, 1.165) is 25.7 Å². The lowest BCUT2D eigenvalue weighted by Gasteiger charge is -2.38. The number of benzene rings is 4. The second-order valence-corrected chi connectivity index (χ2v) is 19.8. The van der Waals surface area contributed by atoms with Gasteiger partial charge in [0.25, 0.3) is 11.8 Å². The average Bonchev–Trinajstić information content (AvgIpc) is 4.21. The number of nitriles is 1. The van der Waals surface area contributed by atoms with Gasteiger partial charge >= 0.3 is 0 Å². The van der Waals surface area contributed by atoms with E-state index in [9.17, 15) is 39.7 Å². The Morgan fingerprint density at radius 1 is 0.754 bits per heavy atom. The predicted octanol–water partition coefficient (Wildman–Crippen LogP) is 9.11. The van der Waals surface area contributed by atoms with E-state index in [1.54, 1.807) is 47.4 Å². The number of fused-ring (bicyclic) bond motifs is 4. The maximum atomic E-state index is 15.4. The number of aliphatic hydroxyl groups is 1. The fourth-order valence-electron chi connectivity index (χ4n) is 11.4. The molecule has 10 rings (SSSR count). The van der Waals surface area contributed by atoms with Crippen LogP contribution in [0.5, 0.6) is 0 Å². The highest BCUT2D eigenvalue weighted by Crippen LogP contribution is 2.61. The van der Waals surface area contributed by atoms with Crippen molar-refractivity contribution in [2.24, 2.45) is 11.8 Å². The third kappa shape index (κ3) is 8.51. The summed E-state index contributed by atoms with van der Waals surface area (Å²) in [5.74, 6) is -4.38. The summed E-state index contributed by atoms with van der Waals surface area (Å²) in [6.07, 6.45) is 4.30. The maximum absolute atomic E-state index is 15.4. The molecule has 0 aromatic heterocycles. The summed E-state index contributed by atoms with van der Waals surface area (Å²) in [5.41, 5.74) is -1.23. The van der Waals surface area contributed by atoms with Crippen molar-refractivity contribution in [1.82, 2.24) is 9.80 Å².